The van der Waals surface area contributed by atoms with Crippen LogP contribution in [0.1, 0.15) is 43.7 Å². The van der Waals surface area contributed by atoms with Crippen LogP contribution in [0.5, 0.6) is 0 Å². The van der Waals surface area contributed by atoms with Crippen molar-refractivity contribution >= 4 is 22.8 Å². The summed E-state index contributed by atoms with van der Waals surface area (Å²) in [5, 5.41) is 12.8. The average Bonchev–Trinajstić information content (AvgIpc) is 2.94. The summed E-state index contributed by atoms with van der Waals surface area (Å²) in [5.74, 6) is -0.0583. The highest BCUT2D eigenvalue weighted by Crippen LogP contribution is 2.51. The number of carbonyl (C=O) groups is 1. The maximum absolute atomic E-state index is 13.4. The van der Waals surface area contributed by atoms with Gasteiger partial charge in [0.25, 0.3) is 0 Å². The normalized spacial score (nSPS) is 14.9. The first-order valence-corrected chi connectivity index (χ1v) is 12.2. The molecule has 0 saturated carbocycles. The topological polar surface area (TPSA) is 40.5 Å². The van der Waals surface area contributed by atoms with E-state index in [1.165, 1.54) is 11.1 Å². The molecule has 0 bridgehead atoms. The molecule has 5 aromatic rings. The van der Waals surface area contributed by atoms with Crippen LogP contribution in [0.15, 0.2) is 121 Å². The number of ketones is 1. The maximum atomic E-state index is 13.4. The molecule has 0 radical (unpaired) electrons. The predicted molar refractivity (Wildman–Crippen MR) is 142 cm³/mol. The van der Waals surface area contributed by atoms with Crippen molar-refractivity contribution in [2.24, 2.45) is 0 Å². The monoisotopic (exact) mass is 465 g/mol. The van der Waals surface area contributed by atoms with Crippen molar-refractivity contribution in [1.82, 2.24) is 0 Å². The van der Waals surface area contributed by atoms with Crippen molar-refractivity contribution in [3.05, 3.63) is 160 Å². The molecule has 0 spiro atoms. The Labute approximate surface area is 209 Å². The molecule has 0 amide bonds. The number of para-hydroxylation sites is 3. The van der Waals surface area contributed by atoms with E-state index in [2.05, 4.69) is 59.5 Å². The van der Waals surface area contributed by atoms with Crippen molar-refractivity contribution in [3.8, 4) is 0 Å². The van der Waals surface area contributed by atoms with Gasteiger partial charge in [-0.05, 0) is 29.3 Å². The van der Waals surface area contributed by atoms with Crippen LogP contribution in [-0.4, -0.2) is 10.9 Å². The lowest BCUT2D eigenvalue weighted by molar-refractivity contribution is 0.0951. The van der Waals surface area contributed by atoms with E-state index in [0.717, 1.165) is 29.0 Å². The Kier molecular flexibility index (Phi) is 4.50. The van der Waals surface area contributed by atoms with Crippen molar-refractivity contribution in [2.75, 3.05) is 4.90 Å². The molecule has 3 nitrogen and oxygen atoms in total. The minimum absolute atomic E-state index is 0.0583. The van der Waals surface area contributed by atoms with Crippen molar-refractivity contribution in [3.63, 3.8) is 0 Å². The van der Waals surface area contributed by atoms with Gasteiger partial charge < -0.3 is 10.0 Å². The van der Waals surface area contributed by atoms with Crippen LogP contribution in [0.3, 0.4) is 0 Å². The fourth-order valence-electron chi connectivity index (χ4n) is 5.90. The van der Waals surface area contributed by atoms with Crippen LogP contribution in [-0.2, 0) is 12.0 Å². The van der Waals surface area contributed by atoms with E-state index in [4.69, 9.17) is 0 Å². The molecule has 0 atom stereocenters. The molecule has 7 rings (SSSR count). The van der Waals surface area contributed by atoms with Crippen LogP contribution in [0.4, 0.5) is 17.1 Å². The Balaban J connectivity index is 1.55. The summed E-state index contributed by atoms with van der Waals surface area (Å²) in [6.07, 6.45) is 0.857. The third kappa shape index (κ3) is 2.81. The van der Waals surface area contributed by atoms with E-state index in [-0.39, 0.29) is 5.78 Å². The summed E-state index contributed by atoms with van der Waals surface area (Å²) in [6, 6.07) is 39.7. The van der Waals surface area contributed by atoms with Crippen LogP contribution in [0, 0.1) is 0 Å². The summed E-state index contributed by atoms with van der Waals surface area (Å²) in [6.45, 7) is 0. The van der Waals surface area contributed by atoms with Crippen LogP contribution < -0.4 is 4.90 Å². The summed E-state index contributed by atoms with van der Waals surface area (Å²) in [4.78, 5) is 15.7. The molecule has 36 heavy (non-hydrogen) atoms. The summed E-state index contributed by atoms with van der Waals surface area (Å²) in [5.41, 5.74) is 7.08. The largest absolute Gasteiger partial charge is 0.376 e. The van der Waals surface area contributed by atoms with E-state index in [1.807, 2.05) is 66.7 Å². The quantitative estimate of drug-likeness (QED) is 0.303. The molecule has 0 unspecified atom stereocenters. The molecule has 5 aromatic carbocycles. The lowest BCUT2D eigenvalue weighted by Crippen LogP contribution is -2.38. The Bertz CT molecular complexity index is 1570. The van der Waals surface area contributed by atoms with Crippen LogP contribution >= 0.6 is 0 Å². The van der Waals surface area contributed by atoms with Gasteiger partial charge in [0.2, 0.25) is 0 Å². The smallest absolute Gasteiger partial charge is 0.193 e. The zero-order chi connectivity index (χ0) is 24.3. The number of rotatable bonds is 2. The second-order valence-electron chi connectivity index (χ2n) is 9.42. The Morgan fingerprint density at radius 2 is 0.944 bits per heavy atom. The molecule has 1 heterocycles. The minimum Gasteiger partial charge on any atom is -0.376 e. The third-order valence-electron chi connectivity index (χ3n) is 7.50. The van der Waals surface area contributed by atoms with Gasteiger partial charge in [0.05, 0.1) is 5.69 Å². The first kappa shape index (κ1) is 20.9. The highest BCUT2D eigenvalue weighted by Gasteiger charge is 2.45. The van der Waals surface area contributed by atoms with E-state index < -0.39 is 5.60 Å². The van der Waals surface area contributed by atoms with Gasteiger partial charge >= 0.3 is 0 Å². The first-order chi connectivity index (χ1) is 17.7. The van der Waals surface area contributed by atoms with Crippen LogP contribution in [0.25, 0.3) is 0 Å². The van der Waals surface area contributed by atoms with Gasteiger partial charge in [-0.3, -0.25) is 4.79 Å². The Morgan fingerprint density at radius 1 is 0.528 bits per heavy atom. The number of fused-ring (bicyclic) bond motifs is 4. The molecule has 1 N–H and O–H groups in total. The Hall–Kier alpha value is -4.47. The minimum atomic E-state index is -1.50. The first-order valence-electron chi connectivity index (χ1n) is 12.2. The molecule has 0 fully saturated rings. The van der Waals surface area contributed by atoms with Gasteiger partial charge in [0.15, 0.2) is 5.78 Å². The zero-order valence-corrected chi connectivity index (χ0v) is 19.6. The second-order valence-corrected chi connectivity index (χ2v) is 9.42. The fraction of sp³-hybridized carbons (Fsp3) is 0.0606. The molecule has 0 saturated heterocycles. The van der Waals surface area contributed by atoms with Crippen molar-refractivity contribution in [2.45, 2.75) is 12.0 Å². The van der Waals surface area contributed by atoms with E-state index in [1.54, 1.807) is 0 Å². The fourth-order valence-corrected chi connectivity index (χ4v) is 5.90. The lowest BCUT2D eigenvalue weighted by atomic mass is 9.70. The van der Waals surface area contributed by atoms with Gasteiger partial charge in [-0.1, -0.05) is 103 Å². The van der Waals surface area contributed by atoms with Gasteiger partial charge in [0, 0.05) is 45.6 Å². The van der Waals surface area contributed by atoms with E-state index in [0.29, 0.717) is 22.3 Å². The number of aliphatic hydroxyl groups is 1. The Morgan fingerprint density at radius 3 is 1.50 bits per heavy atom. The standard InChI is InChI=1S/C33H23NO2/c35-32-24-13-3-5-15-26(24)33(36,27-16-6-4-14-25(27)32)28-17-7-10-20-31(28)34-29-18-8-1-11-22(29)21-23-12-2-9-19-30(23)34/h1-20,36H,21H2. The number of carbonyl (C=O) groups excluding carboxylic acids is 1. The van der Waals surface area contributed by atoms with E-state index >= 15 is 0 Å². The van der Waals surface area contributed by atoms with Gasteiger partial charge in [0.1, 0.15) is 5.60 Å². The molecule has 1 aliphatic carbocycles. The zero-order valence-electron chi connectivity index (χ0n) is 19.6. The molecular weight excluding hydrogens is 442 g/mol. The molecule has 0 aromatic heterocycles. The number of nitrogens with zero attached hydrogens (tertiary/aromatic N) is 1. The second kappa shape index (κ2) is 7.77. The number of hydrogen-bond donors (Lipinski definition) is 1. The maximum Gasteiger partial charge on any atom is 0.193 e. The van der Waals surface area contributed by atoms with Gasteiger partial charge in [-0.25, -0.2) is 0 Å². The van der Waals surface area contributed by atoms with Crippen molar-refractivity contribution in [1.29, 1.82) is 0 Å². The van der Waals surface area contributed by atoms with Gasteiger partial charge in [-0.15, -0.1) is 0 Å². The van der Waals surface area contributed by atoms with Crippen LogP contribution in [0.2, 0.25) is 0 Å². The number of anilines is 3. The molecule has 2 aliphatic rings. The van der Waals surface area contributed by atoms with E-state index in [9.17, 15) is 9.90 Å². The highest BCUT2D eigenvalue weighted by molar-refractivity contribution is 6.13. The lowest BCUT2D eigenvalue weighted by Gasteiger charge is -2.41. The molecular formula is C33H23NO2. The molecule has 3 heteroatoms. The average molecular weight is 466 g/mol. The summed E-state index contributed by atoms with van der Waals surface area (Å²) in [7, 11) is 0. The number of benzene rings is 5. The highest BCUT2D eigenvalue weighted by atomic mass is 16.3. The SMILES string of the molecule is O=C1c2ccccc2C(O)(c2ccccc2N2c3ccccc3Cc3ccccc32)c2ccccc21. The van der Waals surface area contributed by atoms with Gasteiger partial charge in [-0.2, -0.15) is 0 Å². The number of hydrogen-bond acceptors (Lipinski definition) is 3. The summed E-state index contributed by atoms with van der Waals surface area (Å²) < 4.78 is 0. The predicted octanol–water partition coefficient (Wildman–Crippen LogP) is 6.89. The molecule has 172 valence electrons. The summed E-state index contributed by atoms with van der Waals surface area (Å²) >= 11 is 0. The molecule has 1 aliphatic heterocycles. The third-order valence-corrected chi connectivity index (χ3v) is 7.50. The van der Waals surface area contributed by atoms with Crippen molar-refractivity contribution < 1.29 is 9.90 Å².